The molecule has 0 heterocycles. The highest BCUT2D eigenvalue weighted by Gasteiger charge is 2.13. The van der Waals surface area contributed by atoms with E-state index in [0.717, 1.165) is 50.6 Å². The monoisotopic (exact) mass is 299 g/mol. The van der Waals surface area contributed by atoms with Crippen LogP contribution >= 0.6 is 11.6 Å². The van der Waals surface area contributed by atoms with Gasteiger partial charge in [0.25, 0.3) is 0 Å². The second-order valence-electron chi connectivity index (χ2n) is 4.90. The van der Waals surface area contributed by atoms with E-state index in [1.807, 2.05) is 12.1 Å². The summed E-state index contributed by atoms with van der Waals surface area (Å²) in [6.45, 7) is 3.36. The average molecular weight is 300 g/mol. The molecule has 0 aliphatic carbocycles. The Hall–Kier alpha value is -0.610. The molecule has 0 radical (unpaired) electrons. The molecule has 0 aliphatic rings. The lowest BCUT2D eigenvalue weighted by Gasteiger charge is -2.19. The van der Waals surface area contributed by atoms with Crippen molar-refractivity contribution in [3.05, 3.63) is 34.9 Å². The smallest absolute Gasteiger partial charge is 0.0587 e. The van der Waals surface area contributed by atoms with E-state index < -0.39 is 0 Å². The summed E-state index contributed by atoms with van der Waals surface area (Å²) < 4.78 is 10.2. The van der Waals surface area contributed by atoms with Crippen LogP contribution in [0.3, 0.4) is 0 Å². The Bertz CT molecular complexity index is 348. The molecule has 1 aromatic rings. The second-order valence-corrected chi connectivity index (χ2v) is 5.31. The lowest BCUT2D eigenvalue weighted by molar-refractivity contribution is 0.190. The van der Waals surface area contributed by atoms with Crippen molar-refractivity contribution in [3.8, 4) is 0 Å². The Morgan fingerprint density at radius 2 is 1.85 bits per heavy atom. The fraction of sp³-hybridized carbons (Fsp3) is 0.625. The molecule has 20 heavy (non-hydrogen) atoms. The van der Waals surface area contributed by atoms with Crippen LogP contribution in [-0.2, 0) is 9.47 Å². The van der Waals surface area contributed by atoms with E-state index >= 15 is 0 Å². The molecule has 0 saturated carbocycles. The highest BCUT2D eigenvalue weighted by atomic mass is 35.5. The van der Waals surface area contributed by atoms with Crippen LogP contribution in [0.25, 0.3) is 0 Å². The van der Waals surface area contributed by atoms with Gasteiger partial charge >= 0.3 is 0 Å². The zero-order valence-electron chi connectivity index (χ0n) is 12.5. The third-order valence-electron chi connectivity index (χ3n) is 3.37. The number of nitrogens with one attached hydrogen (secondary N) is 1. The number of ether oxygens (including phenoxy) is 2. The maximum Gasteiger partial charge on any atom is 0.0587 e. The largest absolute Gasteiger partial charge is 0.385 e. The minimum absolute atomic E-state index is 0.442. The number of rotatable bonds is 11. The molecule has 1 N–H and O–H groups in total. The van der Waals surface area contributed by atoms with E-state index in [4.69, 9.17) is 21.1 Å². The van der Waals surface area contributed by atoms with E-state index in [1.165, 1.54) is 5.56 Å². The first-order chi connectivity index (χ1) is 9.79. The van der Waals surface area contributed by atoms with Crippen LogP contribution in [0.15, 0.2) is 24.3 Å². The summed E-state index contributed by atoms with van der Waals surface area (Å²) in [6, 6.07) is 8.13. The predicted molar refractivity (Wildman–Crippen MR) is 84.7 cm³/mol. The van der Waals surface area contributed by atoms with Crippen molar-refractivity contribution in [2.45, 2.75) is 25.2 Å². The number of hydrogen-bond acceptors (Lipinski definition) is 3. The molecular weight excluding hydrogens is 274 g/mol. The molecule has 0 spiro atoms. The third-order valence-corrected chi connectivity index (χ3v) is 3.71. The van der Waals surface area contributed by atoms with Crippen LogP contribution in [0.5, 0.6) is 0 Å². The van der Waals surface area contributed by atoms with Crippen molar-refractivity contribution in [2.75, 3.05) is 40.5 Å². The van der Waals surface area contributed by atoms with E-state index in [0.29, 0.717) is 5.92 Å². The minimum Gasteiger partial charge on any atom is -0.385 e. The zero-order valence-corrected chi connectivity index (χ0v) is 13.3. The van der Waals surface area contributed by atoms with Gasteiger partial charge in [-0.25, -0.2) is 0 Å². The number of unbranched alkanes of at least 4 members (excludes halogenated alkanes) is 1. The van der Waals surface area contributed by atoms with Crippen LogP contribution in [0.4, 0.5) is 0 Å². The molecule has 3 nitrogen and oxygen atoms in total. The first kappa shape index (κ1) is 17.4. The van der Waals surface area contributed by atoms with Gasteiger partial charge in [0.05, 0.1) is 6.61 Å². The molecule has 1 atom stereocenters. The average Bonchev–Trinajstić information content (AvgIpc) is 2.46. The number of halogens is 1. The molecule has 0 amide bonds. The van der Waals surface area contributed by atoms with Gasteiger partial charge in [-0.3, -0.25) is 0 Å². The van der Waals surface area contributed by atoms with Gasteiger partial charge in [-0.15, -0.1) is 0 Å². The van der Waals surface area contributed by atoms with Crippen LogP contribution in [-0.4, -0.2) is 40.5 Å². The molecule has 0 aromatic heterocycles. The van der Waals surface area contributed by atoms with E-state index in [2.05, 4.69) is 17.4 Å². The standard InChI is InChI=1S/C16H26ClNO2/c1-19-11-6-5-7-14(13-18-10-12-20-2)15-8-3-4-9-16(15)17/h3-4,8-9,14,18H,5-7,10-13H2,1-2H3. The molecule has 0 fully saturated rings. The van der Waals surface area contributed by atoms with E-state index in [1.54, 1.807) is 14.2 Å². The van der Waals surface area contributed by atoms with Gasteiger partial charge in [-0.05, 0) is 30.4 Å². The van der Waals surface area contributed by atoms with Crippen LogP contribution in [0, 0.1) is 0 Å². The Balaban J connectivity index is 2.52. The molecule has 0 aliphatic heterocycles. The summed E-state index contributed by atoms with van der Waals surface area (Å²) in [4.78, 5) is 0. The normalized spacial score (nSPS) is 12.6. The first-order valence-electron chi connectivity index (χ1n) is 7.22. The number of methoxy groups -OCH3 is 2. The van der Waals surface area contributed by atoms with Crippen LogP contribution in [0.1, 0.15) is 30.7 Å². The maximum absolute atomic E-state index is 6.32. The fourth-order valence-corrected chi connectivity index (χ4v) is 2.55. The van der Waals surface area contributed by atoms with Crippen molar-refractivity contribution in [2.24, 2.45) is 0 Å². The summed E-state index contributed by atoms with van der Waals surface area (Å²) in [7, 11) is 3.47. The van der Waals surface area contributed by atoms with Gasteiger partial charge in [0.2, 0.25) is 0 Å². The molecule has 0 bridgehead atoms. The zero-order chi connectivity index (χ0) is 14.6. The summed E-state index contributed by atoms with van der Waals surface area (Å²) in [6.07, 6.45) is 3.36. The van der Waals surface area contributed by atoms with Gasteiger partial charge in [0, 0.05) is 38.9 Å². The minimum atomic E-state index is 0.442. The fourth-order valence-electron chi connectivity index (χ4n) is 2.26. The molecule has 0 saturated heterocycles. The number of hydrogen-bond donors (Lipinski definition) is 1. The summed E-state index contributed by atoms with van der Waals surface area (Å²) in [5, 5.41) is 4.30. The van der Waals surface area contributed by atoms with Crippen molar-refractivity contribution < 1.29 is 9.47 Å². The highest BCUT2D eigenvalue weighted by molar-refractivity contribution is 6.31. The maximum atomic E-state index is 6.32. The van der Waals surface area contributed by atoms with Crippen LogP contribution in [0.2, 0.25) is 5.02 Å². The van der Waals surface area contributed by atoms with Gasteiger partial charge in [0.15, 0.2) is 0 Å². The van der Waals surface area contributed by atoms with Gasteiger partial charge in [-0.1, -0.05) is 36.2 Å². The Morgan fingerprint density at radius 1 is 1.10 bits per heavy atom. The molecule has 1 rings (SSSR count). The highest BCUT2D eigenvalue weighted by Crippen LogP contribution is 2.28. The third kappa shape index (κ3) is 6.71. The van der Waals surface area contributed by atoms with Crippen LogP contribution < -0.4 is 5.32 Å². The second kappa shape index (κ2) is 11.1. The quantitative estimate of drug-likeness (QED) is 0.635. The first-order valence-corrected chi connectivity index (χ1v) is 7.60. The molecule has 1 aromatic carbocycles. The summed E-state index contributed by atoms with van der Waals surface area (Å²) >= 11 is 6.32. The molecule has 4 heteroatoms. The lowest BCUT2D eigenvalue weighted by atomic mass is 9.93. The molecule has 114 valence electrons. The van der Waals surface area contributed by atoms with Gasteiger partial charge in [-0.2, -0.15) is 0 Å². The van der Waals surface area contributed by atoms with Gasteiger partial charge in [0.1, 0.15) is 0 Å². The van der Waals surface area contributed by atoms with Gasteiger partial charge < -0.3 is 14.8 Å². The van der Waals surface area contributed by atoms with Crippen molar-refractivity contribution in [1.29, 1.82) is 0 Å². The number of benzene rings is 1. The van der Waals surface area contributed by atoms with E-state index in [-0.39, 0.29) is 0 Å². The Morgan fingerprint density at radius 3 is 2.55 bits per heavy atom. The summed E-state index contributed by atoms with van der Waals surface area (Å²) in [5.41, 5.74) is 1.23. The van der Waals surface area contributed by atoms with Crippen molar-refractivity contribution in [1.82, 2.24) is 5.32 Å². The lowest BCUT2D eigenvalue weighted by Crippen LogP contribution is -2.25. The van der Waals surface area contributed by atoms with E-state index in [9.17, 15) is 0 Å². The van der Waals surface area contributed by atoms with Crippen molar-refractivity contribution >= 4 is 11.6 Å². The Labute approximate surface area is 127 Å². The molecular formula is C16H26ClNO2. The SMILES string of the molecule is COCCCCC(CNCCOC)c1ccccc1Cl. The molecule has 1 unspecified atom stereocenters. The Kier molecular flexibility index (Phi) is 9.67. The van der Waals surface area contributed by atoms with Crippen molar-refractivity contribution in [3.63, 3.8) is 0 Å². The topological polar surface area (TPSA) is 30.5 Å². The predicted octanol–water partition coefficient (Wildman–Crippen LogP) is 3.48. The summed E-state index contributed by atoms with van der Waals surface area (Å²) in [5.74, 6) is 0.442.